The summed E-state index contributed by atoms with van der Waals surface area (Å²) in [6.45, 7) is 5.80. The Morgan fingerprint density at radius 2 is 1.80 bits per heavy atom. The van der Waals surface area contributed by atoms with Crippen LogP contribution in [0.3, 0.4) is 0 Å². The second kappa shape index (κ2) is 7.32. The highest BCUT2D eigenvalue weighted by Gasteiger charge is 2.29. The topological polar surface area (TPSA) is 67.8 Å². The summed E-state index contributed by atoms with van der Waals surface area (Å²) in [6, 6.07) is 1.36. The summed E-state index contributed by atoms with van der Waals surface area (Å²) in [5, 5.41) is 0. The van der Waals surface area contributed by atoms with Gasteiger partial charge in [-0.3, -0.25) is 0 Å². The Morgan fingerprint density at radius 1 is 1.16 bits per heavy atom. The van der Waals surface area contributed by atoms with E-state index in [-0.39, 0.29) is 12.0 Å². The molecule has 0 aliphatic carbocycles. The van der Waals surface area contributed by atoms with Crippen molar-refractivity contribution >= 4 is 11.9 Å². The number of rotatable bonds is 3. The maximum atomic E-state index is 12.2. The zero-order chi connectivity index (χ0) is 18.7. The molecule has 1 amide bonds. The summed E-state index contributed by atoms with van der Waals surface area (Å²) in [5.41, 5.74) is -0.564. The summed E-state index contributed by atoms with van der Waals surface area (Å²) in [4.78, 5) is 23.2. The number of hydrogen-bond acceptors (Lipinski definition) is 6. The van der Waals surface area contributed by atoms with Gasteiger partial charge in [0.15, 0.2) is 6.61 Å². The van der Waals surface area contributed by atoms with E-state index in [4.69, 9.17) is 4.74 Å². The van der Waals surface area contributed by atoms with Crippen molar-refractivity contribution < 1.29 is 27.4 Å². The van der Waals surface area contributed by atoms with E-state index in [2.05, 4.69) is 14.7 Å². The van der Waals surface area contributed by atoms with Gasteiger partial charge < -0.3 is 19.3 Å². The SMILES string of the molecule is CC(C)(C)OC(=O)N1CCN(c2cc(OCC(F)(F)F)ncn2)CC1. The van der Waals surface area contributed by atoms with Crippen LogP contribution in [-0.4, -0.2) is 65.5 Å². The largest absolute Gasteiger partial charge is 0.468 e. The molecule has 0 aromatic carbocycles. The third-order valence-corrected chi connectivity index (χ3v) is 3.27. The summed E-state index contributed by atoms with van der Waals surface area (Å²) in [6.07, 6.45) is -3.66. The molecule has 2 rings (SSSR count). The van der Waals surface area contributed by atoms with Crippen LogP contribution in [0.25, 0.3) is 0 Å². The second-order valence-corrected chi connectivity index (χ2v) is 6.57. The van der Waals surface area contributed by atoms with Crippen LogP contribution in [0, 0.1) is 0 Å². The number of carbonyl (C=O) groups is 1. The molecule has 1 aromatic rings. The number of halogens is 3. The van der Waals surface area contributed by atoms with Crippen molar-refractivity contribution in [2.75, 3.05) is 37.7 Å². The van der Waals surface area contributed by atoms with Crippen LogP contribution in [0.15, 0.2) is 12.4 Å². The molecule has 1 aromatic heterocycles. The van der Waals surface area contributed by atoms with Crippen LogP contribution in [0.4, 0.5) is 23.8 Å². The van der Waals surface area contributed by atoms with Gasteiger partial charge >= 0.3 is 12.3 Å². The number of amides is 1. The maximum Gasteiger partial charge on any atom is 0.422 e. The Kier molecular flexibility index (Phi) is 5.58. The Bertz CT molecular complexity index is 596. The lowest BCUT2D eigenvalue weighted by molar-refractivity contribution is -0.154. The number of aromatic nitrogens is 2. The first-order valence-corrected chi connectivity index (χ1v) is 7.78. The van der Waals surface area contributed by atoms with Crippen molar-refractivity contribution in [3.05, 3.63) is 12.4 Å². The Balaban J connectivity index is 1.91. The molecular formula is C15H21F3N4O3. The van der Waals surface area contributed by atoms with Crippen LogP contribution < -0.4 is 9.64 Å². The number of piperazine rings is 1. The van der Waals surface area contributed by atoms with Gasteiger partial charge in [-0.25, -0.2) is 14.8 Å². The lowest BCUT2D eigenvalue weighted by atomic mass is 10.2. The van der Waals surface area contributed by atoms with Gasteiger partial charge in [0.25, 0.3) is 0 Å². The second-order valence-electron chi connectivity index (χ2n) is 6.57. The normalized spacial score (nSPS) is 15.9. The molecule has 10 heteroatoms. The van der Waals surface area contributed by atoms with Gasteiger partial charge in [0, 0.05) is 32.2 Å². The first-order valence-electron chi connectivity index (χ1n) is 7.78. The molecule has 7 nitrogen and oxygen atoms in total. The molecule has 25 heavy (non-hydrogen) atoms. The van der Waals surface area contributed by atoms with E-state index >= 15 is 0 Å². The van der Waals surface area contributed by atoms with Gasteiger partial charge in [-0.15, -0.1) is 0 Å². The molecule has 0 bridgehead atoms. The summed E-state index contributed by atoms with van der Waals surface area (Å²) < 4.78 is 46.6. The lowest BCUT2D eigenvalue weighted by Crippen LogP contribution is -2.50. The predicted molar refractivity (Wildman–Crippen MR) is 83.6 cm³/mol. The third-order valence-electron chi connectivity index (χ3n) is 3.27. The van der Waals surface area contributed by atoms with Gasteiger partial charge in [0.05, 0.1) is 0 Å². The van der Waals surface area contributed by atoms with Crippen LogP contribution in [-0.2, 0) is 4.74 Å². The van der Waals surface area contributed by atoms with E-state index in [9.17, 15) is 18.0 Å². The Hall–Kier alpha value is -2.26. The summed E-state index contributed by atoms with van der Waals surface area (Å²) >= 11 is 0. The van der Waals surface area contributed by atoms with Crippen molar-refractivity contribution in [2.24, 2.45) is 0 Å². The van der Waals surface area contributed by atoms with Gasteiger partial charge in [0.2, 0.25) is 5.88 Å². The van der Waals surface area contributed by atoms with E-state index in [1.165, 1.54) is 6.07 Å². The van der Waals surface area contributed by atoms with Crippen LogP contribution in [0.2, 0.25) is 0 Å². The van der Waals surface area contributed by atoms with E-state index in [0.717, 1.165) is 6.33 Å². The molecule has 0 atom stereocenters. The van der Waals surface area contributed by atoms with Crippen LogP contribution >= 0.6 is 0 Å². The Labute approximate surface area is 143 Å². The zero-order valence-electron chi connectivity index (χ0n) is 14.3. The molecule has 0 spiro atoms. The molecular weight excluding hydrogens is 341 g/mol. The van der Waals surface area contributed by atoms with Gasteiger partial charge in [0.1, 0.15) is 17.7 Å². The van der Waals surface area contributed by atoms with E-state index in [1.54, 1.807) is 25.7 Å². The molecule has 140 valence electrons. The monoisotopic (exact) mass is 362 g/mol. The fourth-order valence-corrected chi connectivity index (χ4v) is 2.18. The number of carbonyl (C=O) groups excluding carboxylic acids is 1. The van der Waals surface area contributed by atoms with Crippen LogP contribution in [0.1, 0.15) is 20.8 Å². The highest BCUT2D eigenvalue weighted by Crippen LogP contribution is 2.21. The third kappa shape index (κ3) is 6.28. The number of anilines is 1. The van der Waals surface area contributed by atoms with Gasteiger partial charge in [-0.05, 0) is 20.8 Å². The van der Waals surface area contributed by atoms with Gasteiger partial charge in [-0.1, -0.05) is 0 Å². The number of alkyl halides is 3. The van der Waals surface area contributed by atoms with E-state index in [0.29, 0.717) is 32.0 Å². The molecule has 0 saturated carbocycles. The zero-order valence-corrected chi connectivity index (χ0v) is 14.3. The summed E-state index contributed by atoms with van der Waals surface area (Å²) in [5.74, 6) is 0.313. The van der Waals surface area contributed by atoms with Crippen molar-refractivity contribution in [3.8, 4) is 5.88 Å². The maximum absolute atomic E-state index is 12.2. The molecule has 1 aliphatic heterocycles. The molecule has 0 N–H and O–H groups in total. The smallest absolute Gasteiger partial charge is 0.422 e. The minimum atomic E-state index is -4.43. The average molecular weight is 362 g/mol. The first-order chi connectivity index (χ1) is 11.5. The number of hydrogen-bond donors (Lipinski definition) is 0. The average Bonchev–Trinajstić information content (AvgIpc) is 2.51. The molecule has 1 aliphatic rings. The molecule has 0 unspecified atom stereocenters. The highest BCUT2D eigenvalue weighted by atomic mass is 19.4. The van der Waals surface area contributed by atoms with Crippen molar-refractivity contribution in [1.29, 1.82) is 0 Å². The summed E-state index contributed by atoms with van der Waals surface area (Å²) in [7, 11) is 0. The molecule has 1 saturated heterocycles. The Morgan fingerprint density at radius 3 is 2.36 bits per heavy atom. The first kappa shape index (κ1) is 19.1. The van der Waals surface area contributed by atoms with Crippen molar-refractivity contribution in [3.63, 3.8) is 0 Å². The van der Waals surface area contributed by atoms with Crippen molar-refractivity contribution in [2.45, 2.75) is 32.5 Å². The van der Waals surface area contributed by atoms with E-state index in [1.807, 2.05) is 4.90 Å². The molecule has 2 heterocycles. The highest BCUT2D eigenvalue weighted by molar-refractivity contribution is 5.68. The molecule has 0 radical (unpaired) electrons. The van der Waals surface area contributed by atoms with Crippen LogP contribution in [0.5, 0.6) is 5.88 Å². The minimum Gasteiger partial charge on any atom is -0.468 e. The standard InChI is InChI=1S/C15H21F3N4O3/c1-14(2,3)25-13(23)22-6-4-21(5-7-22)11-8-12(20-10-19-11)24-9-15(16,17)18/h8,10H,4-7,9H2,1-3H3. The van der Waals surface area contributed by atoms with E-state index < -0.39 is 18.4 Å². The predicted octanol–water partition coefficient (Wildman–Crippen LogP) is 2.47. The van der Waals surface area contributed by atoms with Crippen molar-refractivity contribution in [1.82, 2.24) is 14.9 Å². The quantitative estimate of drug-likeness (QED) is 0.823. The minimum absolute atomic E-state index is 0.142. The fraction of sp³-hybridized carbons (Fsp3) is 0.667. The number of nitrogens with zero attached hydrogens (tertiary/aromatic N) is 4. The lowest BCUT2D eigenvalue weighted by Gasteiger charge is -2.36. The number of ether oxygens (including phenoxy) is 2. The molecule has 1 fully saturated rings. The fourth-order valence-electron chi connectivity index (χ4n) is 2.18. The van der Waals surface area contributed by atoms with Gasteiger partial charge in [-0.2, -0.15) is 13.2 Å².